The van der Waals surface area contributed by atoms with E-state index in [-0.39, 0.29) is 0 Å². The first-order chi connectivity index (χ1) is 6.63. The number of hydrogen-bond donors (Lipinski definition) is 1. The van der Waals surface area contributed by atoms with E-state index in [9.17, 15) is 0 Å². The molecule has 0 aliphatic heterocycles. The highest BCUT2D eigenvalue weighted by atomic mass is 14.7. The van der Waals surface area contributed by atoms with Crippen molar-refractivity contribution in [3.8, 4) is 0 Å². The van der Waals surface area contributed by atoms with Gasteiger partial charge >= 0.3 is 0 Å². The molecule has 14 heavy (non-hydrogen) atoms. The zero-order valence-corrected chi connectivity index (χ0v) is 10.6. The van der Waals surface area contributed by atoms with E-state index >= 15 is 0 Å². The van der Waals surface area contributed by atoms with E-state index in [1.54, 1.807) is 0 Å². The first-order valence-electron chi connectivity index (χ1n) is 5.84. The Balaban J connectivity index is 0. The molecule has 0 rings (SSSR count). The third-order valence-electron chi connectivity index (χ3n) is 2.20. The molecule has 0 bridgehead atoms. The molecule has 0 amide bonds. The standard InChI is InChI=1S/C9H19N.C3H9N/c1-5-7-10-9(4)8(3)6-2;1-2-3-4/h8H,5-7H2,1-4H3;2-4H2,1H3. The predicted molar refractivity (Wildman–Crippen MR) is 67.1 cm³/mol. The molecular formula is C12H28N2. The van der Waals surface area contributed by atoms with Crippen LogP contribution in [0.4, 0.5) is 0 Å². The van der Waals surface area contributed by atoms with Crippen LogP contribution >= 0.6 is 0 Å². The fourth-order valence-electron chi connectivity index (χ4n) is 0.739. The maximum atomic E-state index is 5.03. The lowest BCUT2D eigenvalue weighted by Crippen LogP contribution is -2.05. The van der Waals surface area contributed by atoms with Crippen molar-refractivity contribution >= 4 is 5.71 Å². The summed E-state index contributed by atoms with van der Waals surface area (Å²) in [7, 11) is 0. The minimum absolute atomic E-state index is 0.673. The molecule has 0 saturated heterocycles. The van der Waals surface area contributed by atoms with Gasteiger partial charge in [-0.15, -0.1) is 0 Å². The second-order valence-electron chi connectivity index (χ2n) is 3.62. The molecule has 2 heteroatoms. The van der Waals surface area contributed by atoms with Gasteiger partial charge in [0, 0.05) is 12.3 Å². The quantitative estimate of drug-likeness (QED) is 0.680. The van der Waals surface area contributed by atoms with Crippen LogP contribution in [0.1, 0.15) is 53.9 Å². The molecule has 0 aliphatic carbocycles. The molecular weight excluding hydrogens is 172 g/mol. The van der Waals surface area contributed by atoms with Crippen molar-refractivity contribution in [2.45, 2.75) is 53.9 Å². The number of hydrogen-bond acceptors (Lipinski definition) is 2. The van der Waals surface area contributed by atoms with E-state index in [0.717, 1.165) is 25.9 Å². The van der Waals surface area contributed by atoms with Crippen molar-refractivity contribution < 1.29 is 0 Å². The van der Waals surface area contributed by atoms with Crippen LogP contribution in [0.15, 0.2) is 4.99 Å². The lowest BCUT2D eigenvalue weighted by atomic mass is 10.0. The summed E-state index contributed by atoms with van der Waals surface area (Å²) < 4.78 is 0. The van der Waals surface area contributed by atoms with E-state index in [1.165, 1.54) is 12.1 Å². The smallest absolute Gasteiger partial charge is 0.0386 e. The largest absolute Gasteiger partial charge is 0.330 e. The Labute approximate surface area is 90.0 Å². The van der Waals surface area contributed by atoms with E-state index in [2.05, 4.69) is 39.6 Å². The normalized spacial score (nSPS) is 13.1. The minimum atomic E-state index is 0.673. The van der Waals surface area contributed by atoms with Gasteiger partial charge in [-0.3, -0.25) is 4.99 Å². The summed E-state index contributed by atoms with van der Waals surface area (Å²) in [6, 6.07) is 0. The molecule has 0 heterocycles. The van der Waals surface area contributed by atoms with Gasteiger partial charge in [-0.2, -0.15) is 0 Å². The van der Waals surface area contributed by atoms with E-state index in [0.29, 0.717) is 5.92 Å². The number of aliphatic imine (C=N–C) groups is 1. The second-order valence-corrected chi connectivity index (χ2v) is 3.62. The maximum absolute atomic E-state index is 5.03. The van der Waals surface area contributed by atoms with Crippen LogP contribution in [0, 0.1) is 5.92 Å². The SMILES string of the molecule is CCCN.CCCN=C(C)C(C)CC. The molecule has 0 saturated carbocycles. The Hall–Kier alpha value is -0.370. The van der Waals surface area contributed by atoms with Gasteiger partial charge in [0.2, 0.25) is 0 Å². The number of nitrogens with zero attached hydrogens (tertiary/aromatic N) is 1. The summed E-state index contributed by atoms with van der Waals surface area (Å²) in [4.78, 5) is 4.43. The lowest BCUT2D eigenvalue weighted by Gasteiger charge is -2.06. The molecule has 0 aliphatic rings. The average molecular weight is 200 g/mol. The first kappa shape index (κ1) is 16.1. The van der Waals surface area contributed by atoms with Crippen LogP contribution in [0.5, 0.6) is 0 Å². The van der Waals surface area contributed by atoms with Gasteiger partial charge in [0.05, 0.1) is 0 Å². The topological polar surface area (TPSA) is 38.4 Å². The average Bonchev–Trinajstić information content (AvgIpc) is 2.24. The van der Waals surface area contributed by atoms with Gasteiger partial charge in [-0.05, 0) is 38.6 Å². The molecule has 0 radical (unpaired) electrons. The van der Waals surface area contributed by atoms with Crippen LogP contribution in [0.25, 0.3) is 0 Å². The van der Waals surface area contributed by atoms with E-state index in [4.69, 9.17) is 5.73 Å². The van der Waals surface area contributed by atoms with Crippen LogP contribution in [-0.4, -0.2) is 18.8 Å². The molecule has 0 fully saturated rings. The summed E-state index contributed by atoms with van der Waals surface area (Å²) in [5.41, 5.74) is 6.34. The summed E-state index contributed by atoms with van der Waals surface area (Å²) in [5, 5.41) is 0. The monoisotopic (exact) mass is 200 g/mol. The molecule has 1 unspecified atom stereocenters. The summed E-state index contributed by atoms with van der Waals surface area (Å²) in [5.74, 6) is 0.673. The zero-order chi connectivity index (χ0) is 11.4. The van der Waals surface area contributed by atoms with Crippen molar-refractivity contribution in [1.29, 1.82) is 0 Å². The Morgan fingerprint density at radius 3 is 2.00 bits per heavy atom. The highest BCUT2D eigenvalue weighted by Gasteiger charge is 2.00. The fraction of sp³-hybridized carbons (Fsp3) is 0.917. The van der Waals surface area contributed by atoms with Crippen LogP contribution in [-0.2, 0) is 0 Å². The Kier molecular flexibility index (Phi) is 14.5. The van der Waals surface area contributed by atoms with Gasteiger partial charge in [-0.25, -0.2) is 0 Å². The van der Waals surface area contributed by atoms with Crippen LogP contribution < -0.4 is 5.73 Å². The highest BCUT2D eigenvalue weighted by molar-refractivity contribution is 5.83. The summed E-state index contributed by atoms with van der Waals surface area (Å²) in [6.45, 7) is 12.6. The lowest BCUT2D eigenvalue weighted by molar-refractivity contribution is 0.728. The zero-order valence-electron chi connectivity index (χ0n) is 10.6. The van der Waals surface area contributed by atoms with Crippen molar-refractivity contribution in [3.63, 3.8) is 0 Å². The summed E-state index contributed by atoms with van der Waals surface area (Å²) >= 11 is 0. The first-order valence-corrected chi connectivity index (χ1v) is 5.84. The molecule has 2 N–H and O–H groups in total. The minimum Gasteiger partial charge on any atom is -0.330 e. The summed E-state index contributed by atoms with van der Waals surface area (Å²) in [6.07, 6.45) is 3.47. The van der Waals surface area contributed by atoms with Crippen LogP contribution in [0.3, 0.4) is 0 Å². The predicted octanol–water partition coefficient (Wildman–Crippen LogP) is 3.26. The van der Waals surface area contributed by atoms with Crippen molar-refractivity contribution in [2.24, 2.45) is 16.6 Å². The fourth-order valence-corrected chi connectivity index (χ4v) is 0.739. The van der Waals surface area contributed by atoms with Gasteiger partial charge in [0.15, 0.2) is 0 Å². The van der Waals surface area contributed by atoms with E-state index in [1.807, 2.05) is 0 Å². The molecule has 0 aromatic carbocycles. The van der Waals surface area contributed by atoms with Gasteiger partial charge in [0.1, 0.15) is 0 Å². The molecule has 1 atom stereocenters. The Bertz CT molecular complexity index is 128. The molecule has 2 nitrogen and oxygen atoms in total. The van der Waals surface area contributed by atoms with Gasteiger partial charge in [-0.1, -0.05) is 27.7 Å². The van der Waals surface area contributed by atoms with Gasteiger partial charge in [0.25, 0.3) is 0 Å². The van der Waals surface area contributed by atoms with Crippen LogP contribution in [0.2, 0.25) is 0 Å². The molecule has 0 aromatic heterocycles. The third-order valence-corrected chi connectivity index (χ3v) is 2.20. The van der Waals surface area contributed by atoms with Crippen molar-refractivity contribution in [1.82, 2.24) is 0 Å². The number of nitrogens with two attached hydrogens (primary N) is 1. The van der Waals surface area contributed by atoms with Gasteiger partial charge < -0.3 is 5.73 Å². The van der Waals surface area contributed by atoms with E-state index < -0.39 is 0 Å². The molecule has 86 valence electrons. The Morgan fingerprint density at radius 2 is 1.71 bits per heavy atom. The number of rotatable bonds is 5. The second kappa shape index (κ2) is 12.6. The molecule has 0 spiro atoms. The Morgan fingerprint density at radius 1 is 1.21 bits per heavy atom. The van der Waals surface area contributed by atoms with Crippen molar-refractivity contribution in [3.05, 3.63) is 0 Å². The third kappa shape index (κ3) is 11.6. The maximum Gasteiger partial charge on any atom is 0.0386 e. The molecule has 0 aromatic rings. The van der Waals surface area contributed by atoms with Crippen molar-refractivity contribution in [2.75, 3.05) is 13.1 Å². The highest BCUT2D eigenvalue weighted by Crippen LogP contribution is 2.03.